The van der Waals surface area contributed by atoms with Crippen molar-refractivity contribution >= 4 is 5.69 Å². The lowest BCUT2D eigenvalue weighted by atomic mass is 9.86. The predicted octanol–water partition coefficient (Wildman–Crippen LogP) is 4.54. The summed E-state index contributed by atoms with van der Waals surface area (Å²) in [5.41, 5.74) is 5.43. The molecular weight excluding hydrogens is 286 g/mol. The van der Waals surface area contributed by atoms with Gasteiger partial charge in [-0.1, -0.05) is 23.8 Å². The Morgan fingerprint density at radius 3 is 2.74 bits per heavy atom. The van der Waals surface area contributed by atoms with E-state index in [0.29, 0.717) is 6.10 Å². The highest BCUT2D eigenvalue weighted by Gasteiger charge is 2.33. The van der Waals surface area contributed by atoms with Gasteiger partial charge in [-0.3, -0.25) is 0 Å². The fourth-order valence-electron chi connectivity index (χ4n) is 3.89. The maximum absolute atomic E-state index is 6.01. The summed E-state index contributed by atoms with van der Waals surface area (Å²) in [6, 6.07) is 10.5. The Kier molecular flexibility index (Phi) is 3.64. The summed E-state index contributed by atoms with van der Waals surface area (Å²) in [4.78, 5) is 2.30. The zero-order chi connectivity index (χ0) is 15.8. The molecule has 0 radical (unpaired) electrons. The van der Waals surface area contributed by atoms with E-state index in [4.69, 9.17) is 9.47 Å². The summed E-state index contributed by atoms with van der Waals surface area (Å²) in [7, 11) is 1.78. The van der Waals surface area contributed by atoms with Crippen molar-refractivity contribution in [1.82, 2.24) is 0 Å². The van der Waals surface area contributed by atoms with Gasteiger partial charge < -0.3 is 14.4 Å². The lowest BCUT2D eigenvalue weighted by Gasteiger charge is -2.21. The molecule has 2 aliphatic heterocycles. The highest BCUT2D eigenvalue weighted by atomic mass is 16.5. The number of methoxy groups -OCH3 is 1. The van der Waals surface area contributed by atoms with Gasteiger partial charge in [0.15, 0.2) is 0 Å². The van der Waals surface area contributed by atoms with Gasteiger partial charge >= 0.3 is 0 Å². The van der Waals surface area contributed by atoms with E-state index in [2.05, 4.69) is 48.4 Å². The number of hydrogen-bond donors (Lipinski definition) is 0. The Hall–Kier alpha value is -2.16. The zero-order valence-corrected chi connectivity index (χ0v) is 13.8. The number of nitrogens with zero attached hydrogens (tertiary/aromatic N) is 1. The first kappa shape index (κ1) is 14.4. The van der Waals surface area contributed by atoms with Crippen LogP contribution in [0.15, 0.2) is 64.8 Å². The van der Waals surface area contributed by atoms with Gasteiger partial charge in [0.25, 0.3) is 0 Å². The van der Waals surface area contributed by atoms with Crippen LogP contribution in [0.25, 0.3) is 0 Å². The topological polar surface area (TPSA) is 21.7 Å². The number of hydrogen-bond acceptors (Lipinski definition) is 3. The molecule has 120 valence electrons. The minimum Gasteiger partial charge on any atom is -0.495 e. The molecule has 0 saturated carbocycles. The molecule has 0 fully saturated rings. The fraction of sp³-hybridized carbons (Fsp3) is 0.400. The molecule has 23 heavy (non-hydrogen) atoms. The normalized spacial score (nSPS) is 23.8. The Balaban J connectivity index is 1.73. The largest absolute Gasteiger partial charge is 0.495 e. The molecule has 1 atom stereocenters. The molecule has 0 aromatic heterocycles. The van der Waals surface area contributed by atoms with Gasteiger partial charge in [-0.15, -0.1) is 0 Å². The molecule has 4 rings (SSSR count). The van der Waals surface area contributed by atoms with Crippen LogP contribution in [0.2, 0.25) is 0 Å². The van der Waals surface area contributed by atoms with Crippen molar-refractivity contribution in [2.75, 3.05) is 18.6 Å². The third-order valence-electron chi connectivity index (χ3n) is 4.96. The third kappa shape index (κ3) is 2.54. The summed E-state index contributed by atoms with van der Waals surface area (Å²) < 4.78 is 11.8. The Morgan fingerprint density at radius 2 is 1.96 bits per heavy atom. The van der Waals surface area contributed by atoms with E-state index < -0.39 is 0 Å². The van der Waals surface area contributed by atoms with Gasteiger partial charge in [-0.25, -0.2) is 0 Å². The second-order valence-electron chi connectivity index (χ2n) is 6.49. The summed E-state index contributed by atoms with van der Waals surface area (Å²) in [6.07, 6.45) is 6.67. The molecule has 1 aromatic carbocycles. The summed E-state index contributed by atoms with van der Waals surface area (Å²) in [6.45, 7) is 3.15. The van der Waals surface area contributed by atoms with Gasteiger partial charge in [-0.05, 0) is 31.9 Å². The number of para-hydroxylation sites is 1. The molecule has 1 unspecified atom stereocenters. The van der Waals surface area contributed by atoms with Crippen molar-refractivity contribution in [3.05, 3.63) is 64.8 Å². The highest BCUT2D eigenvalue weighted by molar-refractivity contribution is 5.58. The van der Waals surface area contributed by atoms with Gasteiger partial charge in [0.05, 0.1) is 13.2 Å². The van der Waals surface area contributed by atoms with E-state index in [-0.39, 0.29) is 0 Å². The third-order valence-corrected chi connectivity index (χ3v) is 4.96. The molecule has 0 N–H and O–H groups in total. The first-order valence-corrected chi connectivity index (χ1v) is 8.45. The van der Waals surface area contributed by atoms with Gasteiger partial charge in [0, 0.05) is 42.4 Å². The van der Waals surface area contributed by atoms with Crippen molar-refractivity contribution in [3.8, 4) is 0 Å². The maximum atomic E-state index is 6.01. The summed E-state index contributed by atoms with van der Waals surface area (Å²) >= 11 is 0. The Bertz CT molecular complexity index is 700. The first-order chi connectivity index (χ1) is 11.3. The molecule has 0 saturated heterocycles. The van der Waals surface area contributed by atoms with E-state index in [0.717, 1.165) is 38.0 Å². The van der Waals surface area contributed by atoms with Crippen molar-refractivity contribution in [1.29, 1.82) is 0 Å². The molecule has 0 spiro atoms. The van der Waals surface area contributed by atoms with Crippen LogP contribution in [-0.4, -0.2) is 19.8 Å². The molecule has 2 heterocycles. The SMILES string of the molecule is COC1=CN(c2ccccc2)CCC2=C1C1=C(CC2)OC(C)C1. The van der Waals surface area contributed by atoms with Crippen molar-refractivity contribution < 1.29 is 9.47 Å². The predicted molar refractivity (Wildman–Crippen MR) is 91.9 cm³/mol. The number of benzene rings is 1. The fourth-order valence-corrected chi connectivity index (χ4v) is 3.89. The molecular formula is C20H23NO2. The van der Waals surface area contributed by atoms with Crippen LogP contribution in [0.3, 0.4) is 0 Å². The van der Waals surface area contributed by atoms with Gasteiger partial charge in [-0.2, -0.15) is 0 Å². The van der Waals surface area contributed by atoms with Crippen molar-refractivity contribution in [2.24, 2.45) is 0 Å². The molecule has 0 bridgehead atoms. The van der Waals surface area contributed by atoms with Crippen molar-refractivity contribution in [2.45, 2.75) is 38.7 Å². The number of rotatable bonds is 2. The Labute approximate surface area is 137 Å². The molecule has 0 amide bonds. The lowest BCUT2D eigenvalue weighted by molar-refractivity contribution is 0.153. The average molecular weight is 309 g/mol. The van der Waals surface area contributed by atoms with Gasteiger partial charge in [0.1, 0.15) is 11.5 Å². The lowest BCUT2D eigenvalue weighted by Crippen LogP contribution is -2.17. The molecule has 3 nitrogen and oxygen atoms in total. The van der Waals surface area contributed by atoms with Crippen LogP contribution in [0, 0.1) is 0 Å². The average Bonchev–Trinajstić information content (AvgIpc) is 2.85. The maximum Gasteiger partial charge on any atom is 0.142 e. The second-order valence-corrected chi connectivity index (χ2v) is 6.49. The van der Waals surface area contributed by atoms with E-state index in [9.17, 15) is 0 Å². The molecule has 3 heteroatoms. The van der Waals surface area contributed by atoms with Crippen LogP contribution < -0.4 is 4.90 Å². The minimum absolute atomic E-state index is 0.290. The van der Waals surface area contributed by atoms with E-state index in [1.54, 1.807) is 7.11 Å². The quantitative estimate of drug-likeness (QED) is 0.800. The standard InChI is InChI=1S/C20H23NO2/c1-14-12-17-18(23-14)9-8-15-10-11-21(13-19(22-2)20(15)17)16-6-4-3-5-7-16/h3-7,13-14H,8-12H2,1-2H3. The Morgan fingerprint density at radius 1 is 1.13 bits per heavy atom. The zero-order valence-electron chi connectivity index (χ0n) is 13.8. The first-order valence-electron chi connectivity index (χ1n) is 8.45. The van der Waals surface area contributed by atoms with Crippen LogP contribution in [-0.2, 0) is 9.47 Å². The summed E-state index contributed by atoms with van der Waals surface area (Å²) in [5, 5.41) is 0. The number of allylic oxidation sites excluding steroid dienone is 2. The van der Waals surface area contributed by atoms with Crippen LogP contribution in [0.4, 0.5) is 5.69 Å². The monoisotopic (exact) mass is 309 g/mol. The highest BCUT2D eigenvalue weighted by Crippen LogP contribution is 2.44. The van der Waals surface area contributed by atoms with Crippen LogP contribution in [0.1, 0.15) is 32.6 Å². The van der Waals surface area contributed by atoms with E-state index in [1.807, 2.05) is 0 Å². The minimum atomic E-state index is 0.290. The number of anilines is 1. The summed E-state index contributed by atoms with van der Waals surface area (Å²) in [5.74, 6) is 2.17. The van der Waals surface area contributed by atoms with Crippen LogP contribution in [0.5, 0.6) is 0 Å². The van der Waals surface area contributed by atoms with Gasteiger partial charge in [0.2, 0.25) is 0 Å². The molecule has 1 aromatic rings. The van der Waals surface area contributed by atoms with E-state index >= 15 is 0 Å². The smallest absolute Gasteiger partial charge is 0.142 e. The second kappa shape index (κ2) is 5.80. The number of fused-ring (bicyclic) bond motifs is 1. The molecule has 1 aliphatic carbocycles. The van der Waals surface area contributed by atoms with E-state index in [1.165, 1.54) is 28.2 Å². The molecule has 3 aliphatic rings. The van der Waals surface area contributed by atoms with Crippen LogP contribution >= 0.6 is 0 Å². The van der Waals surface area contributed by atoms with Crippen molar-refractivity contribution in [3.63, 3.8) is 0 Å². The number of ether oxygens (including phenoxy) is 2.